The molecular formula is C25H28N2O5. The van der Waals surface area contributed by atoms with Crippen LogP contribution in [0.4, 0.5) is 4.79 Å². The van der Waals surface area contributed by atoms with Gasteiger partial charge >= 0.3 is 6.09 Å². The van der Waals surface area contributed by atoms with Crippen LogP contribution in [0.3, 0.4) is 0 Å². The molecule has 0 bridgehead atoms. The van der Waals surface area contributed by atoms with Crippen molar-refractivity contribution in [2.24, 2.45) is 5.92 Å². The van der Waals surface area contributed by atoms with Gasteiger partial charge in [-0.3, -0.25) is 9.59 Å². The molecule has 0 saturated carbocycles. The van der Waals surface area contributed by atoms with Gasteiger partial charge in [0, 0.05) is 6.42 Å². The predicted molar refractivity (Wildman–Crippen MR) is 119 cm³/mol. The summed E-state index contributed by atoms with van der Waals surface area (Å²) in [5.74, 6) is -1.60. The largest absolute Gasteiger partial charge is 0.447 e. The number of benzene rings is 2. The molecule has 7 nitrogen and oxygen atoms in total. The van der Waals surface area contributed by atoms with Gasteiger partial charge < -0.3 is 15.2 Å². The lowest BCUT2D eigenvalue weighted by molar-refractivity contribution is -0.136. The molecule has 0 radical (unpaired) electrons. The zero-order valence-corrected chi connectivity index (χ0v) is 17.9. The molecule has 3 amide bonds. The number of rotatable bonds is 10. The van der Waals surface area contributed by atoms with Crippen molar-refractivity contribution in [2.45, 2.75) is 31.3 Å². The number of ether oxygens (including phenoxy) is 1. The molecule has 3 atom stereocenters. The number of amides is 3. The van der Waals surface area contributed by atoms with E-state index in [2.05, 4.69) is 11.9 Å². The molecule has 0 spiro atoms. The minimum Gasteiger partial charge on any atom is -0.447 e. The Morgan fingerprint density at radius 1 is 1.16 bits per heavy atom. The number of hydrogen-bond acceptors (Lipinski definition) is 5. The van der Waals surface area contributed by atoms with Gasteiger partial charge in [-0.25, -0.2) is 9.69 Å². The number of carbonyl (C=O) groups excluding carboxylic acids is 3. The monoisotopic (exact) mass is 436 g/mol. The Labute approximate surface area is 187 Å². The van der Waals surface area contributed by atoms with Gasteiger partial charge in [-0.2, -0.15) is 0 Å². The van der Waals surface area contributed by atoms with Gasteiger partial charge in [-0.15, -0.1) is 6.58 Å². The van der Waals surface area contributed by atoms with E-state index >= 15 is 0 Å². The fraction of sp³-hybridized carbons (Fsp3) is 0.320. The zero-order chi connectivity index (χ0) is 22.9. The fourth-order valence-corrected chi connectivity index (χ4v) is 3.83. The van der Waals surface area contributed by atoms with E-state index in [4.69, 9.17) is 4.74 Å². The van der Waals surface area contributed by atoms with Gasteiger partial charge in [-0.05, 0) is 24.0 Å². The number of aliphatic hydroxyl groups excluding tert-OH is 1. The number of cyclic esters (lactones) is 1. The van der Waals surface area contributed by atoms with Crippen molar-refractivity contribution in [3.63, 3.8) is 0 Å². The van der Waals surface area contributed by atoms with E-state index in [0.29, 0.717) is 6.42 Å². The first kappa shape index (κ1) is 23.2. The first-order valence-corrected chi connectivity index (χ1v) is 10.6. The Hall–Kier alpha value is -3.45. The van der Waals surface area contributed by atoms with Gasteiger partial charge in [0.05, 0.1) is 24.6 Å². The van der Waals surface area contributed by atoms with E-state index in [1.807, 2.05) is 60.7 Å². The SMILES string of the molecule is C=CC[C@H](CC(=O)N[C@@H](CO)c1ccccc1)C(=O)N1C(=O)OC[C@@H]1Cc1ccccc1. The number of nitrogens with one attached hydrogen (secondary N) is 1. The topological polar surface area (TPSA) is 95.9 Å². The quantitative estimate of drug-likeness (QED) is 0.558. The van der Waals surface area contributed by atoms with Gasteiger partial charge in [0.1, 0.15) is 6.61 Å². The van der Waals surface area contributed by atoms with Crippen molar-refractivity contribution in [2.75, 3.05) is 13.2 Å². The van der Waals surface area contributed by atoms with E-state index in [1.165, 1.54) is 0 Å². The Balaban J connectivity index is 1.69. The molecule has 1 aliphatic rings. The minimum atomic E-state index is -0.758. The molecule has 1 saturated heterocycles. The van der Waals surface area contributed by atoms with E-state index in [1.54, 1.807) is 6.08 Å². The molecule has 0 aliphatic carbocycles. The van der Waals surface area contributed by atoms with Crippen LogP contribution < -0.4 is 5.32 Å². The normalized spacial score (nSPS) is 17.3. The van der Waals surface area contributed by atoms with Crippen molar-refractivity contribution >= 4 is 17.9 Å². The molecular weight excluding hydrogens is 408 g/mol. The highest BCUT2D eigenvalue weighted by Crippen LogP contribution is 2.23. The highest BCUT2D eigenvalue weighted by atomic mass is 16.6. The predicted octanol–water partition coefficient (Wildman–Crippen LogP) is 3.01. The maximum absolute atomic E-state index is 13.3. The van der Waals surface area contributed by atoms with Crippen LogP contribution >= 0.6 is 0 Å². The summed E-state index contributed by atoms with van der Waals surface area (Å²) in [5.41, 5.74) is 1.75. The van der Waals surface area contributed by atoms with Crippen molar-refractivity contribution in [3.05, 3.63) is 84.4 Å². The van der Waals surface area contributed by atoms with Crippen LogP contribution in [0.2, 0.25) is 0 Å². The Morgan fingerprint density at radius 2 is 1.81 bits per heavy atom. The Morgan fingerprint density at radius 3 is 2.44 bits per heavy atom. The number of hydrogen-bond donors (Lipinski definition) is 2. The highest BCUT2D eigenvalue weighted by Gasteiger charge is 2.41. The molecule has 1 fully saturated rings. The van der Waals surface area contributed by atoms with Crippen LogP contribution in [0.5, 0.6) is 0 Å². The maximum atomic E-state index is 13.3. The average Bonchev–Trinajstić information content (AvgIpc) is 3.17. The molecule has 0 aromatic heterocycles. The van der Waals surface area contributed by atoms with Crippen molar-refractivity contribution < 1.29 is 24.2 Å². The van der Waals surface area contributed by atoms with E-state index in [9.17, 15) is 19.5 Å². The second-order valence-electron chi connectivity index (χ2n) is 7.77. The fourth-order valence-electron chi connectivity index (χ4n) is 3.83. The number of aliphatic hydroxyl groups is 1. The molecule has 2 aromatic carbocycles. The van der Waals surface area contributed by atoms with Crippen LogP contribution in [0.15, 0.2) is 73.3 Å². The average molecular weight is 437 g/mol. The molecule has 1 heterocycles. The third-order valence-electron chi connectivity index (χ3n) is 5.46. The molecule has 168 valence electrons. The second kappa shape index (κ2) is 11.2. The van der Waals surface area contributed by atoms with Crippen molar-refractivity contribution in [1.82, 2.24) is 10.2 Å². The Kier molecular flexibility index (Phi) is 8.16. The zero-order valence-electron chi connectivity index (χ0n) is 17.9. The highest BCUT2D eigenvalue weighted by molar-refractivity contribution is 5.96. The summed E-state index contributed by atoms with van der Waals surface area (Å²) in [6.45, 7) is 3.54. The van der Waals surface area contributed by atoms with Gasteiger partial charge in [0.15, 0.2) is 0 Å². The van der Waals surface area contributed by atoms with E-state index in [0.717, 1.165) is 16.0 Å². The lowest BCUT2D eigenvalue weighted by Gasteiger charge is -2.25. The summed E-state index contributed by atoms with van der Waals surface area (Å²) in [5, 5.41) is 12.5. The van der Waals surface area contributed by atoms with Crippen molar-refractivity contribution in [1.29, 1.82) is 0 Å². The first-order chi connectivity index (χ1) is 15.5. The Bertz CT molecular complexity index is 932. The summed E-state index contributed by atoms with van der Waals surface area (Å²) in [7, 11) is 0. The van der Waals surface area contributed by atoms with Gasteiger partial charge in [-0.1, -0.05) is 66.7 Å². The summed E-state index contributed by atoms with van der Waals surface area (Å²) < 4.78 is 5.15. The van der Waals surface area contributed by atoms with Gasteiger partial charge in [0.2, 0.25) is 11.8 Å². The molecule has 0 unspecified atom stereocenters. The van der Waals surface area contributed by atoms with E-state index in [-0.39, 0.29) is 32.0 Å². The number of nitrogens with zero attached hydrogens (tertiary/aromatic N) is 1. The third kappa shape index (κ3) is 5.82. The lowest BCUT2D eigenvalue weighted by Crippen LogP contribution is -2.45. The summed E-state index contributed by atoms with van der Waals surface area (Å²) in [6, 6.07) is 17.6. The smallest absolute Gasteiger partial charge is 0.416 e. The van der Waals surface area contributed by atoms with Crippen LogP contribution in [0.25, 0.3) is 0 Å². The number of imide groups is 1. The molecule has 32 heavy (non-hydrogen) atoms. The summed E-state index contributed by atoms with van der Waals surface area (Å²) >= 11 is 0. The molecule has 2 aromatic rings. The van der Waals surface area contributed by atoms with Crippen molar-refractivity contribution in [3.8, 4) is 0 Å². The lowest BCUT2D eigenvalue weighted by atomic mass is 9.97. The van der Waals surface area contributed by atoms with Crippen LogP contribution in [0, 0.1) is 5.92 Å². The standard InChI is InChI=1S/C25H28N2O5/c1-2-9-20(15-23(29)26-22(16-28)19-12-7-4-8-13-19)24(30)27-21(17-32-25(27)31)14-18-10-5-3-6-11-18/h2-8,10-13,20-22,28H,1,9,14-17H2,(H,26,29)/t20-,21+,22+/m1/s1. The maximum Gasteiger partial charge on any atom is 0.416 e. The summed E-state index contributed by atoms with van der Waals surface area (Å²) in [4.78, 5) is 39.4. The first-order valence-electron chi connectivity index (χ1n) is 10.6. The molecule has 1 aliphatic heterocycles. The molecule has 2 N–H and O–H groups in total. The third-order valence-corrected chi connectivity index (χ3v) is 5.46. The van der Waals surface area contributed by atoms with Crippen LogP contribution in [0.1, 0.15) is 30.0 Å². The van der Waals surface area contributed by atoms with Crippen LogP contribution in [-0.2, 0) is 20.7 Å². The van der Waals surface area contributed by atoms with E-state index < -0.39 is 30.0 Å². The number of carbonyl (C=O) groups is 3. The minimum absolute atomic E-state index is 0.118. The summed E-state index contributed by atoms with van der Waals surface area (Å²) in [6.07, 6.45) is 1.46. The second-order valence-corrected chi connectivity index (χ2v) is 7.77. The molecule has 7 heteroatoms. The van der Waals surface area contributed by atoms with Crippen LogP contribution in [-0.4, -0.2) is 47.2 Å². The number of allylic oxidation sites excluding steroid dienone is 1. The van der Waals surface area contributed by atoms with Gasteiger partial charge in [0.25, 0.3) is 0 Å². The molecule has 3 rings (SSSR count).